The van der Waals surface area contributed by atoms with Crippen molar-refractivity contribution in [3.8, 4) is 5.75 Å². The summed E-state index contributed by atoms with van der Waals surface area (Å²) < 4.78 is 6.28. The van der Waals surface area contributed by atoms with Gasteiger partial charge >= 0.3 is 0 Å². The molecule has 0 aliphatic carbocycles. The number of aromatic nitrogens is 1. The molecule has 0 spiro atoms. The maximum absolute atomic E-state index is 11.2. The van der Waals surface area contributed by atoms with Gasteiger partial charge < -0.3 is 15.2 Å². The molecule has 0 saturated carbocycles. The third-order valence-corrected chi connectivity index (χ3v) is 11.0. The van der Waals surface area contributed by atoms with Gasteiger partial charge in [-0.25, -0.2) is 4.98 Å². The molecule has 2 aromatic rings. The lowest BCUT2D eigenvalue weighted by molar-refractivity contribution is -0.0643. The fourth-order valence-electron chi connectivity index (χ4n) is 5.85. The van der Waals surface area contributed by atoms with Crippen LogP contribution in [0.15, 0.2) is 18.2 Å². The molecule has 3 aliphatic rings. The number of thioether (sulfide) groups is 2. The minimum Gasteiger partial charge on any atom is -0.485 e. The molecule has 5 unspecified atom stereocenters. The van der Waals surface area contributed by atoms with E-state index in [0.717, 1.165) is 51.9 Å². The van der Waals surface area contributed by atoms with Crippen molar-refractivity contribution in [3.63, 3.8) is 0 Å². The predicted molar refractivity (Wildman–Crippen MR) is 147 cm³/mol. The Balaban J connectivity index is 1.30. The number of aryl methyl sites for hydroxylation is 1. The summed E-state index contributed by atoms with van der Waals surface area (Å²) in [6, 6.07) is 5.80. The van der Waals surface area contributed by atoms with Crippen molar-refractivity contribution >= 4 is 46.0 Å². The van der Waals surface area contributed by atoms with Crippen LogP contribution in [0.3, 0.4) is 0 Å². The zero-order chi connectivity index (χ0) is 23.9. The van der Waals surface area contributed by atoms with Gasteiger partial charge in [0.15, 0.2) is 0 Å². The maximum Gasteiger partial charge on any atom is 0.131 e. The minimum absolute atomic E-state index is 0.192. The lowest BCUT2D eigenvalue weighted by atomic mass is 9.85. The lowest BCUT2D eigenvalue weighted by Crippen LogP contribution is -2.52. The van der Waals surface area contributed by atoms with Gasteiger partial charge in [0.05, 0.1) is 11.6 Å². The first-order chi connectivity index (χ1) is 16.3. The van der Waals surface area contributed by atoms with Crippen LogP contribution in [0, 0.1) is 12.8 Å². The summed E-state index contributed by atoms with van der Waals surface area (Å²) in [7, 11) is 0. The van der Waals surface area contributed by atoms with E-state index < -0.39 is 11.7 Å². The largest absolute Gasteiger partial charge is 0.485 e. The van der Waals surface area contributed by atoms with Gasteiger partial charge in [0.1, 0.15) is 22.6 Å². The monoisotopic (exact) mass is 520 g/mol. The second kappa shape index (κ2) is 10.4. The minimum atomic E-state index is -0.672. The number of fused-ring (bicyclic) bond motifs is 2. The summed E-state index contributed by atoms with van der Waals surface area (Å²) in [6.45, 7) is 6.87. The highest BCUT2D eigenvalue weighted by atomic mass is 35.5. The Labute approximate surface area is 217 Å². The number of nitrogens with zero attached hydrogens (tertiary/aromatic N) is 1. The van der Waals surface area contributed by atoms with E-state index >= 15 is 0 Å². The molecule has 0 amide bonds. The smallest absolute Gasteiger partial charge is 0.131 e. The molecular formula is C27H37ClN2O2S2. The highest BCUT2D eigenvalue weighted by Crippen LogP contribution is 2.43. The average molecular weight is 521 g/mol. The topological polar surface area (TPSA) is 54.4 Å². The number of hydrogen-bond acceptors (Lipinski definition) is 6. The molecule has 5 atom stereocenters. The summed E-state index contributed by atoms with van der Waals surface area (Å²) in [5, 5.41) is 18.1. The fraction of sp³-hybridized carbons (Fsp3) is 0.667. The molecular weight excluding hydrogens is 484 g/mol. The molecule has 7 heteroatoms. The van der Waals surface area contributed by atoms with Gasteiger partial charge in [0, 0.05) is 21.4 Å². The molecule has 5 rings (SSSR count). The average Bonchev–Trinajstić information content (AvgIpc) is 2.81. The second-order valence-corrected chi connectivity index (χ2v) is 13.9. The molecule has 4 nitrogen and oxygen atoms in total. The summed E-state index contributed by atoms with van der Waals surface area (Å²) in [6.07, 6.45) is 7.44. The Morgan fingerprint density at radius 1 is 1.18 bits per heavy atom. The molecule has 2 N–H and O–H groups in total. The number of nitrogens with one attached hydrogen (secondary N) is 1. The van der Waals surface area contributed by atoms with Gasteiger partial charge in [-0.05, 0) is 101 Å². The van der Waals surface area contributed by atoms with Crippen LogP contribution in [0.5, 0.6) is 5.75 Å². The van der Waals surface area contributed by atoms with Gasteiger partial charge in [-0.2, -0.15) is 23.5 Å². The van der Waals surface area contributed by atoms with Crippen molar-refractivity contribution in [1.29, 1.82) is 0 Å². The standard InChI is InChI=1S/C27H37ClN2O2S2/c1-16-12-24(28)30-21-14-20-22(15-19(16)21)32-27(2,3)26(31)25(20)29-9-7-18-13-17(8-11-33-18)23-6-4-5-10-34-23/h12,14-15,17-18,23,25-26,29,31H,4-11,13H2,1-3H3. The van der Waals surface area contributed by atoms with Crippen molar-refractivity contribution in [3.05, 3.63) is 34.5 Å². The third kappa shape index (κ3) is 5.22. The number of ether oxygens (including phenoxy) is 1. The molecule has 1 aromatic carbocycles. The van der Waals surface area contributed by atoms with Crippen molar-refractivity contribution in [2.45, 2.75) is 87.5 Å². The van der Waals surface area contributed by atoms with E-state index in [1.165, 1.54) is 43.6 Å². The van der Waals surface area contributed by atoms with Crippen LogP contribution < -0.4 is 10.1 Å². The summed E-state index contributed by atoms with van der Waals surface area (Å²) in [5.74, 6) is 4.36. The van der Waals surface area contributed by atoms with E-state index in [1.807, 2.05) is 32.9 Å². The highest BCUT2D eigenvalue weighted by Gasteiger charge is 2.43. The first-order valence-corrected chi connectivity index (χ1v) is 15.2. The Morgan fingerprint density at radius 3 is 2.82 bits per heavy atom. The molecule has 34 heavy (non-hydrogen) atoms. The number of aliphatic hydroxyl groups is 1. The van der Waals surface area contributed by atoms with E-state index in [1.54, 1.807) is 0 Å². The van der Waals surface area contributed by atoms with Crippen molar-refractivity contribution in [2.24, 2.45) is 5.92 Å². The number of rotatable bonds is 5. The molecule has 2 saturated heterocycles. The first kappa shape index (κ1) is 25.0. The quantitative estimate of drug-likeness (QED) is 0.436. The normalized spacial score (nSPS) is 31.1. The third-order valence-electron chi connectivity index (χ3n) is 7.83. The van der Waals surface area contributed by atoms with Crippen LogP contribution in [0.2, 0.25) is 5.15 Å². The molecule has 1 aromatic heterocycles. The SMILES string of the molecule is Cc1cc(Cl)nc2cc3c(cc12)OC(C)(C)C(O)C3NCCC1CC(C2CCCCS2)CCS1. The zero-order valence-corrected chi connectivity index (χ0v) is 22.9. The zero-order valence-electron chi connectivity index (χ0n) is 20.5. The molecule has 2 fully saturated rings. The van der Waals surface area contributed by atoms with Crippen LogP contribution in [-0.4, -0.2) is 50.3 Å². The number of pyridine rings is 1. The van der Waals surface area contributed by atoms with Crippen LogP contribution in [0.25, 0.3) is 10.9 Å². The first-order valence-electron chi connectivity index (χ1n) is 12.8. The Hall–Kier alpha value is -0.660. The van der Waals surface area contributed by atoms with Crippen LogP contribution in [0.1, 0.15) is 69.5 Å². The number of halogens is 1. The van der Waals surface area contributed by atoms with E-state index in [0.29, 0.717) is 10.4 Å². The molecule has 186 valence electrons. The number of aliphatic hydroxyl groups excluding tert-OH is 1. The van der Waals surface area contributed by atoms with Crippen molar-refractivity contribution in [1.82, 2.24) is 10.3 Å². The van der Waals surface area contributed by atoms with Gasteiger partial charge in [-0.1, -0.05) is 18.0 Å². The van der Waals surface area contributed by atoms with Gasteiger partial charge in [0.2, 0.25) is 0 Å². The van der Waals surface area contributed by atoms with Crippen molar-refractivity contribution < 1.29 is 9.84 Å². The Bertz CT molecular complexity index is 1030. The second-order valence-electron chi connectivity index (χ2n) is 10.7. The summed E-state index contributed by atoms with van der Waals surface area (Å²) in [5.41, 5.74) is 2.23. The highest BCUT2D eigenvalue weighted by molar-refractivity contribution is 8.00. The van der Waals surface area contributed by atoms with Crippen molar-refractivity contribution in [2.75, 3.05) is 18.1 Å². The van der Waals surface area contributed by atoms with Crippen LogP contribution in [-0.2, 0) is 0 Å². The molecule has 0 bridgehead atoms. The van der Waals surface area contributed by atoms with E-state index in [4.69, 9.17) is 16.3 Å². The predicted octanol–water partition coefficient (Wildman–Crippen LogP) is 6.55. The van der Waals surface area contributed by atoms with Crippen LogP contribution in [0.4, 0.5) is 0 Å². The maximum atomic E-state index is 11.2. The lowest BCUT2D eigenvalue weighted by Gasteiger charge is -2.43. The summed E-state index contributed by atoms with van der Waals surface area (Å²) >= 11 is 10.6. The Morgan fingerprint density at radius 2 is 2.03 bits per heavy atom. The van der Waals surface area contributed by atoms with E-state index in [9.17, 15) is 5.11 Å². The van der Waals surface area contributed by atoms with E-state index in [2.05, 4.69) is 39.9 Å². The number of hydrogen-bond donors (Lipinski definition) is 2. The summed E-state index contributed by atoms with van der Waals surface area (Å²) in [4.78, 5) is 4.54. The molecule has 4 heterocycles. The van der Waals surface area contributed by atoms with Crippen LogP contribution >= 0.6 is 35.1 Å². The van der Waals surface area contributed by atoms with Gasteiger partial charge in [-0.3, -0.25) is 0 Å². The Kier molecular flexibility index (Phi) is 7.63. The molecule has 3 aliphatic heterocycles. The number of benzene rings is 1. The van der Waals surface area contributed by atoms with Gasteiger partial charge in [0.25, 0.3) is 0 Å². The fourth-order valence-corrected chi connectivity index (χ4v) is 9.07. The molecule has 0 radical (unpaired) electrons. The van der Waals surface area contributed by atoms with Gasteiger partial charge in [-0.15, -0.1) is 0 Å². The van der Waals surface area contributed by atoms with E-state index in [-0.39, 0.29) is 6.04 Å².